The predicted molar refractivity (Wildman–Crippen MR) is 72.6 cm³/mol. The topological polar surface area (TPSA) is 3.24 Å². The number of hydrogen-bond acceptors (Lipinski definition) is 1. The van der Waals surface area contributed by atoms with Crippen LogP contribution in [0.4, 0.5) is 5.69 Å². The molecule has 0 atom stereocenters. The molecule has 0 saturated carbocycles. The first-order chi connectivity index (χ1) is 7.74. The lowest BCUT2D eigenvalue weighted by molar-refractivity contribution is 1.20. The molecule has 0 fully saturated rings. The van der Waals surface area contributed by atoms with Crippen molar-refractivity contribution in [2.75, 3.05) is 11.9 Å². The van der Waals surface area contributed by atoms with Gasteiger partial charge in [-0.15, -0.1) is 0 Å². The lowest BCUT2D eigenvalue weighted by Crippen LogP contribution is -2.06. The van der Waals surface area contributed by atoms with Crippen LogP contribution in [0.5, 0.6) is 0 Å². The van der Waals surface area contributed by atoms with Gasteiger partial charge in [-0.3, -0.25) is 0 Å². The predicted octanol–water partition coefficient (Wildman–Crippen LogP) is 4.16. The maximum absolute atomic E-state index is 2.10. The summed E-state index contributed by atoms with van der Waals surface area (Å²) in [6.07, 6.45) is 10.3. The van der Waals surface area contributed by atoms with Gasteiger partial charge in [-0.05, 0) is 32.1 Å². The van der Waals surface area contributed by atoms with Crippen LogP contribution in [0.25, 0.3) is 0 Å². The van der Waals surface area contributed by atoms with Crippen molar-refractivity contribution in [1.29, 1.82) is 0 Å². The first-order valence-electron chi connectivity index (χ1n) is 5.49. The summed E-state index contributed by atoms with van der Waals surface area (Å²) in [4.78, 5) is 2.10. The third kappa shape index (κ3) is 4.18. The first kappa shape index (κ1) is 12.3. The highest BCUT2D eigenvalue weighted by Gasteiger charge is 1.92. The van der Waals surface area contributed by atoms with Crippen LogP contribution >= 0.6 is 0 Å². The van der Waals surface area contributed by atoms with E-state index in [0.717, 1.165) is 0 Å². The fourth-order valence-electron chi connectivity index (χ4n) is 1.39. The van der Waals surface area contributed by atoms with E-state index in [9.17, 15) is 0 Å². The number of allylic oxidation sites excluding steroid dienone is 5. The van der Waals surface area contributed by atoms with Gasteiger partial charge in [-0.25, -0.2) is 0 Å². The standard InChI is InChI=1S/C15H19N/c1-4-9-14(2)10-8-13-16(3)15-11-6-5-7-12-15/h4-13H,1-3H3/b9-4-,13-8+,14-10-. The molecule has 0 N–H and O–H groups in total. The Labute approximate surface area is 98.4 Å². The SMILES string of the molecule is C\C=C/C(C)=C\C=C\N(C)c1ccccc1. The molecular formula is C15H19N. The fraction of sp³-hybridized carbons (Fsp3) is 0.200. The molecule has 0 spiro atoms. The fourth-order valence-corrected chi connectivity index (χ4v) is 1.39. The minimum absolute atomic E-state index is 1.19. The molecule has 84 valence electrons. The molecule has 0 aliphatic carbocycles. The molecule has 1 nitrogen and oxygen atoms in total. The molecule has 0 radical (unpaired) electrons. The van der Waals surface area contributed by atoms with E-state index in [1.165, 1.54) is 11.3 Å². The number of hydrogen-bond donors (Lipinski definition) is 0. The highest BCUT2D eigenvalue weighted by molar-refractivity contribution is 5.48. The van der Waals surface area contributed by atoms with E-state index in [0.29, 0.717) is 0 Å². The normalized spacial score (nSPS) is 12.6. The minimum atomic E-state index is 1.19. The number of rotatable bonds is 4. The second-order valence-corrected chi connectivity index (χ2v) is 3.70. The molecule has 0 heterocycles. The molecule has 0 unspecified atom stereocenters. The van der Waals surface area contributed by atoms with Gasteiger partial charge in [0, 0.05) is 18.9 Å². The van der Waals surface area contributed by atoms with Crippen LogP contribution in [0.2, 0.25) is 0 Å². The van der Waals surface area contributed by atoms with Gasteiger partial charge < -0.3 is 4.90 Å². The molecule has 0 amide bonds. The lowest BCUT2D eigenvalue weighted by atomic mass is 10.2. The molecule has 1 rings (SSSR count). The summed E-state index contributed by atoms with van der Waals surface area (Å²) in [7, 11) is 2.05. The first-order valence-corrected chi connectivity index (χ1v) is 5.49. The zero-order valence-corrected chi connectivity index (χ0v) is 10.2. The Bertz CT molecular complexity index is 385. The lowest BCUT2D eigenvalue weighted by Gasteiger charge is -2.12. The van der Waals surface area contributed by atoms with Gasteiger partial charge in [-0.2, -0.15) is 0 Å². The Hall–Kier alpha value is -1.76. The quantitative estimate of drug-likeness (QED) is 0.679. The Morgan fingerprint density at radius 3 is 2.50 bits per heavy atom. The summed E-state index contributed by atoms with van der Waals surface area (Å²) < 4.78 is 0. The van der Waals surface area contributed by atoms with Crippen LogP contribution in [0.15, 0.2) is 66.4 Å². The van der Waals surface area contributed by atoms with Crippen molar-refractivity contribution in [3.63, 3.8) is 0 Å². The van der Waals surface area contributed by atoms with Gasteiger partial charge in [-0.1, -0.05) is 42.0 Å². The van der Waals surface area contributed by atoms with Crippen molar-refractivity contribution in [3.8, 4) is 0 Å². The molecule has 0 aliphatic rings. The van der Waals surface area contributed by atoms with E-state index in [1.807, 2.05) is 38.2 Å². The van der Waals surface area contributed by atoms with E-state index in [2.05, 4.69) is 48.4 Å². The van der Waals surface area contributed by atoms with Crippen LogP contribution in [0.3, 0.4) is 0 Å². The molecule has 0 saturated heterocycles. The van der Waals surface area contributed by atoms with E-state index < -0.39 is 0 Å². The van der Waals surface area contributed by atoms with Crippen molar-refractivity contribution in [1.82, 2.24) is 0 Å². The van der Waals surface area contributed by atoms with Gasteiger partial charge in [0.2, 0.25) is 0 Å². The van der Waals surface area contributed by atoms with Crippen molar-refractivity contribution < 1.29 is 0 Å². The molecule has 0 bridgehead atoms. The van der Waals surface area contributed by atoms with Crippen molar-refractivity contribution >= 4 is 5.69 Å². The second-order valence-electron chi connectivity index (χ2n) is 3.70. The number of para-hydroxylation sites is 1. The van der Waals surface area contributed by atoms with Gasteiger partial charge in [0.25, 0.3) is 0 Å². The molecule has 1 aromatic carbocycles. The Balaban J connectivity index is 2.62. The van der Waals surface area contributed by atoms with Gasteiger partial charge in [0.15, 0.2) is 0 Å². The van der Waals surface area contributed by atoms with E-state index >= 15 is 0 Å². The zero-order valence-electron chi connectivity index (χ0n) is 10.2. The molecule has 0 aromatic heterocycles. The highest BCUT2D eigenvalue weighted by atomic mass is 15.1. The van der Waals surface area contributed by atoms with Crippen LogP contribution in [-0.4, -0.2) is 7.05 Å². The summed E-state index contributed by atoms with van der Waals surface area (Å²) in [5.41, 5.74) is 2.44. The summed E-state index contributed by atoms with van der Waals surface area (Å²) in [5, 5.41) is 0. The third-order valence-corrected chi connectivity index (χ3v) is 2.26. The van der Waals surface area contributed by atoms with Crippen LogP contribution < -0.4 is 4.90 Å². The number of anilines is 1. The van der Waals surface area contributed by atoms with Crippen molar-refractivity contribution in [2.24, 2.45) is 0 Å². The van der Waals surface area contributed by atoms with Crippen LogP contribution in [0, 0.1) is 0 Å². The van der Waals surface area contributed by atoms with E-state index in [1.54, 1.807) is 0 Å². The highest BCUT2D eigenvalue weighted by Crippen LogP contribution is 2.11. The van der Waals surface area contributed by atoms with Crippen molar-refractivity contribution in [3.05, 3.63) is 66.4 Å². The van der Waals surface area contributed by atoms with Crippen LogP contribution in [-0.2, 0) is 0 Å². The van der Waals surface area contributed by atoms with Gasteiger partial charge in [0.1, 0.15) is 0 Å². The van der Waals surface area contributed by atoms with Crippen molar-refractivity contribution in [2.45, 2.75) is 13.8 Å². The Kier molecular flexibility index (Phi) is 5.13. The molecule has 0 aliphatic heterocycles. The summed E-state index contributed by atoms with van der Waals surface area (Å²) in [6.45, 7) is 4.12. The summed E-state index contributed by atoms with van der Waals surface area (Å²) in [6, 6.07) is 10.3. The zero-order chi connectivity index (χ0) is 11.8. The average molecular weight is 213 g/mol. The maximum Gasteiger partial charge on any atom is 0.0403 e. The maximum atomic E-state index is 2.10. The largest absolute Gasteiger partial charge is 0.351 e. The van der Waals surface area contributed by atoms with Gasteiger partial charge in [0.05, 0.1) is 0 Å². The van der Waals surface area contributed by atoms with E-state index in [-0.39, 0.29) is 0 Å². The average Bonchev–Trinajstić information content (AvgIpc) is 2.30. The minimum Gasteiger partial charge on any atom is -0.351 e. The molecule has 16 heavy (non-hydrogen) atoms. The van der Waals surface area contributed by atoms with Crippen LogP contribution in [0.1, 0.15) is 13.8 Å². The Morgan fingerprint density at radius 2 is 1.88 bits per heavy atom. The Morgan fingerprint density at radius 1 is 1.19 bits per heavy atom. The van der Waals surface area contributed by atoms with Gasteiger partial charge >= 0.3 is 0 Å². The third-order valence-electron chi connectivity index (χ3n) is 2.26. The molecular weight excluding hydrogens is 194 g/mol. The summed E-state index contributed by atoms with van der Waals surface area (Å²) in [5.74, 6) is 0. The monoisotopic (exact) mass is 213 g/mol. The summed E-state index contributed by atoms with van der Waals surface area (Å²) >= 11 is 0. The van der Waals surface area contributed by atoms with E-state index in [4.69, 9.17) is 0 Å². The second kappa shape index (κ2) is 6.67. The molecule has 1 heteroatoms. The number of nitrogens with zero attached hydrogens (tertiary/aromatic N) is 1. The smallest absolute Gasteiger partial charge is 0.0403 e. The molecule has 1 aromatic rings. The number of benzene rings is 1.